The smallest absolute Gasteiger partial charge is 0.129 e. The summed E-state index contributed by atoms with van der Waals surface area (Å²) in [5, 5.41) is 4.30. The average Bonchev–Trinajstić information content (AvgIpc) is 3.41. The first-order valence-corrected chi connectivity index (χ1v) is 9.61. The number of aryl methyl sites for hydroxylation is 2. The minimum Gasteiger partial charge on any atom is -0.354 e. The number of alkyl halides is 1. The molecule has 0 bridgehead atoms. The second kappa shape index (κ2) is 6.55. The van der Waals surface area contributed by atoms with E-state index in [0.29, 0.717) is 26.1 Å². The number of benzene rings is 1. The van der Waals surface area contributed by atoms with Gasteiger partial charge in [0.1, 0.15) is 12.0 Å². The van der Waals surface area contributed by atoms with E-state index < -0.39 is 6.17 Å². The Morgan fingerprint density at radius 3 is 2.79 bits per heavy atom. The summed E-state index contributed by atoms with van der Waals surface area (Å²) in [6, 6.07) is 8.45. The number of rotatable bonds is 3. The van der Waals surface area contributed by atoms with E-state index >= 15 is 0 Å². The number of nitrogens with zero attached hydrogens (tertiary/aromatic N) is 5. The van der Waals surface area contributed by atoms with E-state index in [9.17, 15) is 4.39 Å². The van der Waals surface area contributed by atoms with Crippen molar-refractivity contribution in [3.05, 3.63) is 65.1 Å². The summed E-state index contributed by atoms with van der Waals surface area (Å²) in [6.45, 7) is 3.97. The molecule has 0 radical (unpaired) electrons. The maximum Gasteiger partial charge on any atom is 0.129 e. The predicted octanol–water partition coefficient (Wildman–Crippen LogP) is 3.69. The van der Waals surface area contributed by atoms with Gasteiger partial charge >= 0.3 is 0 Å². The van der Waals surface area contributed by atoms with Gasteiger partial charge in [0.05, 0.1) is 25.0 Å². The van der Waals surface area contributed by atoms with Gasteiger partial charge in [-0.3, -0.25) is 9.67 Å². The van der Waals surface area contributed by atoms with Crippen LogP contribution < -0.4 is 4.90 Å². The Morgan fingerprint density at radius 1 is 1.14 bits per heavy atom. The van der Waals surface area contributed by atoms with Crippen molar-refractivity contribution in [2.45, 2.75) is 26.1 Å². The summed E-state index contributed by atoms with van der Waals surface area (Å²) in [5.41, 5.74) is 7.95. The van der Waals surface area contributed by atoms with E-state index in [0.717, 1.165) is 28.2 Å². The van der Waals surface area contributed by atoms with Gasteiger partial charge in [0.2, 0.25) is 0 Å². The van der Waals surface area contributed by atoms with Gasteiger partial charge in [0.15, 0.2) is 0 Å². The molecule has 1 atom stereocenters. The number of anilines is 1. The number of fused-ring (bicyclic) bond motifs is 1. The van der Waals surface area contributed by atoms with Gasteiger partial charge in [0.25, 0.3) is 0 Å². The Labute approximate surface area is 163 Å². The molecule has 0 spiro atoms. The van der Waals surface area contributed by atoms with Gasteiger partial charge in [0, 0.05) is 42.7 Å². The monoisotopic (exact) mass is 375 g/mol. The first-order valence-electron chi connectivity index (χ1n) is 9.61. The number of aromatic nitrogens is 3. The normalized spacial score (nSPS) is 18.5. The fraction of sp³-hybridized carbons (Fsp3) is 0.318. The maximum atomic E-state index is 13.6. The highest BCUT2D eigenvalue weighted by molar-refractivity contribution is 6.16. The number of aliphatic imine (C=N–C) groups is 1. The van der Waals surface area contributed by atoms with E-state index in [2.05, 4.69) is 29.1 Å². The lowest BCUT2D eigenvalue weighted by Crippen LogP contribution is -2.21. The van der Waals surface area contributed by atoms with Crippen LogP contribution in [0.1, 0.15) is 28.7 Å². The Hall–Kier alpha value is -3.02. The molecule has 5 nitrogen and oxygen atoms in total. The van der Waals surface area contributed by atoms with Crippen molar-refractivity contribution in [2.24, 2.45) is 12.0 Å². The van der Waals surface area contributed by atoms with E-state index in [-0.39, 0.29) is 0 Å². The molecule has 2 aromatic heterocycles. The second-order valence-electron chi connectivity index (χ2n) is 7.62. The zero-order valence-electron chi connectivity index (χ0n) is 16.1. The van der Waals surface area contributed by atoms with Crippen molar-refractivity contribution >= 4 is 11.5 Å². The van der Waals surface area contributed by atoms with Crippen LogP contribution in [-0.4, -0.2) is 39.7 Å². The Kier molecular flexibility index (Phi) is 4.00. The van der Waals surface area contributed by atoms with E-state index in [1.807, 2.05) is 41.2 Å². The molecule has 28 heavy (non-hydrogen) atoms. The van der Waals surface area contributed by atoms with Gasteiger partial charge in [-0.2, -0.15) is 5.10 Å². The fourth-order valence-electron chi connectivity index (χ4n) is 4.13. The van der Waals surface area contributed by atoms with Crippen LogP contribution in [0.25, 0.3) is 11.1 Å². The summed E-state index contributed by atoms with van der Waals surface area (Å²) in [5.74, 6) is 0.828. The molecule has 1 saturated heterocycles. The third kappa shape index (κ3) is 2.89. The van der Waals surface area contributed by atoms with E-state index in [1.165, 1.54) is 16.7 Å². The van der Waals surface area contributed by atoms with Crippen LogP contribution in [0.5, 0.6) is 0 Å². The topological polar surface area (TPSA) is 46.3 Å². The molecule has 1 aromatic carbocycles. The van der Waals surface area contributed by atoms with Crippen molar-refractivity contribution in [1.29, 1.82) is 0 Å². The number of pyridine rings is 1. The van der Waals surface area contributed by atoms with Crippen LogP contribution in [0.4, 0.5) is 10.2 Å². The molecule has 0 N–H and O–H groups in total. The van der Waals surface area contributed by atoms with Crippen LogP contribution in [0.2, 0.25) is 0 Å². The maximum absolute atomic E-state index is 13.6. The van der Waals surface area contributed by atoms with Crippen LogP contribution in [0.3, 0.4) is 0 Å². The summed E-state index contributed by atoms with van der Waals surface area (Å²) in [4.78, 5) is 11.3. The lowest BCUT2D eigenvalue weighted by molar-refractivity contribution is 0.364. The summed E-state index contributed by atoms with van der Waals surface area (Å²) >= 11 is 0. The van der Waals surface area contributed by atoms with Crippen LogP contribution in [0, 0.1) is 6.92 Å². The number of hydrogen-bond acceptors (Lipinski definition) is 4. The third-order valence-corrected chi connectivity index (χ3v) is 5.64. The average molecular weight is 375 g/mol. The zero-order chi connectivity index (χ0) is 19.3. The molecule has 0 amide bonds. The highest BCUT2D eigenvalue weighted by Crippen LogP contribution is 2.32. The molecule has 5 rings (SSSR count). The van der Waals surface area contributed by atoms with Crippen molar-refractivity contribution in [1.82, 2.24) is 14.8 Å². The van der Waals surface area contributed by atoms with Gasteiger partial charge in [-0.1, -0.05) is 6.07 Å². The van der Waals surface area contributed by atoms with Crippen molar-refractivity contribution in [2.75, 3.05) is 18.0 Å². The zero-order valence-corrected chi connectivity index (χ0v) is 16.1. The quantitative estimate of drug-likeness (QED) is 0.701. The van der Waals surface area contributed by atoms with Crippen LogP contribution in [-0.2, 0) is 13.6 Å². The Bertz CT molecular complexity index is 1080. The molecule has 4 heterocycles. The number of halogens is 1. The highest BCUT2D eigenvalue weighted by atomic mass is 19.1. The minimum atomic E-state index is -0.764. The first kappa shape index (κ1) is 17.1. The van der Waals surface area contributed by atoms with Gasteiger partial charge in [-0.25, -0.2) is 9.37 Å². The first-order chi connectivity index (χ1) is 13.6. The summed E-state index contributed by atoms with van der Waals surface area (Å²) in [7, 11) is 1.93. The molecular formula is C22H22FN5. The summed E-state index contributed by atoms with van der Waals surface area (Å²) < 4.78 is 15.4. The number of hydrogen-bond donors (Lipinski definition) is 0. The van der Waals surface area contributed by atoms with Crippen LogP contribution >= 0.6 is 0 Å². The predicted molar refractivity (Wildman–Crippen MR) is 109 cm³/mol. The summed E-state index contributed by atoms with van der Waals surface area (Å²) in [6.07, 6.45) is 5.52. The molecule has 3 aromatic rings. The van der Waals surface area contributed by atoms with Gasteiger partial charge in [-0.05, 0) is 48.2 Å². The standard InChI is InChI=1S/C22H22FN5/c1-14-7-16(17-10-26-27(2)12-17)8-19-20(14)11-25-22(19)15-3-5-24-21(9-15)28-6-4-18(23)13-28/h3,5,7-10,12,18H,4,6,11,13H2,1-2H3/t18-/m1/s1. The van der Waals surface area contributed by atoms with Crippen molar-refractivity contribution in [3.8, 4) is 11.1 Å². The van der Waals surface area contributed by atoms with Gasteiger partial charge in [-0.15, -0.1) is 0 Å². The van der Waals surface area contributed by atoms with Gasteiger partial charge < -0.3 is 4.90 Å². The molecule has 2 aliphatic rings. The second-order valence-corrected chi connectivity index (χ2v) is 7.62. The molecular weight excluding hydrogens is 353 g/mol. The lowest BCUT2D eigenvalue weighted by atomic mass is 9.93. The molecule has 2 aliphatic heterocycles. The molecule has 142 valence electrons. The van der Waals surface area contributed by atoms with Crippen molar-refractivity contribution in [3.63, 3.8) is 0 Å². The molecule has 0 saturated carbocycles. The van der Waals surface area contributed by atoms with E-state index in [1.54, 1.807) is 6.20 Å². The highest BCUT2D eigenvalue weighted by Gasteiger charge is 2.25. The van der Waals surface area contributed by atoms with Crippen molar-refractivity contribution < 1.29 is 4.39 Å². The third-order valence-electron chi connectivity index (χ3n) is 5.64. The SMILES string of the molecule is Cc1cc(-c2cnn(C)c2)cc2c1CN=C2c1ccnc(N2CC[C@@H](F)C2)c1. The Morgan fingerprint density at radius 2 is 2.04 bits per heavy atom. The minimum absolute atomic E-state index is 0.420. The molecule has 0 aliphatic carbocycles. The molecule has 0 unspecified atom stereocenters. The molecule has 6 heteroatoms. The Balaban J connectivity index is 1.53. The molecule has 1 fully saturated rings. The fourth-order valence-corrected chi connectivity index (χ4v) is 4.13. The largest absolute Gasteiger partial charge is 0.354 e. The lowest BCUT2D eigenvalue weighted by Gasteiger charge is -2.17. The van der Waals surface area contributed by atoms with Crippen LogP contribution in [0.15, 0.2) is 47.8 Å². The van der Waals surface area contributed by atoms with E-state index in [4.69, 9.17) is 4.99 Å².